The summed E-state index contributed by atoms with van der Waals surface area (Å²) >= 11 is 0. The summed E-state index contributed by atoms with van der Waals surface area (Å²) in [5.74, 6) is -0.0698. The number of amides is 1. The van der Waals surface area contributed by atoms with Crippen LogP contribution in [0.15, 0.2) is 48.6 Å². The van der Waals surface area contributed by atoms with E-state index in [1.807, 2.05) is 6.08 Å². The van der Waals surface area contributed by atoms with Crippen LogP contribution in [0.5, 0.6) is 0 Å². The number of unbranched alkanes of at least 4 members (excludes halogenated alkanes) is 44. The Labute approximate surface area is 426 Å². The molecule has 0 aliphatic carbocycles. The van der Waals surface area contributed by atoms with Crippen molar-refractivity contribution in [3.05, 3.63) is 48.6 Å². The lowest BCUT2D eigenvalue weighted by atomic mass is 10.0. The maximum atomic E-state index is 12.5. The van der Waals surface area contributed by atoms with Crippen molar-refractivity contribution in [2.24, 2.45) is 0 Å². The normalized spacial score (nSPS) is 13.1. The molecule has 0 heterocycles. The molecule has 0 radical (unpaired) electrons. The maximum Gasteiger partial charge on any atom is 0.220 e. The highest BCUT2D eigenvalue weighted by Crippen LogP contribution is 2.17. The highest BCUT2D eigenvalue weighted by atomic mass is 16.3. The Bertz CT molecular complexity index is 1080. The molecule has 0 rings (SSSR count). The highest BCUT2D eigenvalue weighted by molar-refractivity contribution is 5.76. The molecule has 0 bridgehead atoms. The predicted octanol–water partition coefficient (Wildman–Crippen LogP) is 20.6. The van der Waals surface area contributed by atoms with Crippen molar-refractivity contribution < 1.29 is 15.0 Å². The van der Waals surface area contributed by atoms with Gasteiger partial charge in [-0.2, -0.15) is 0 Å². The third-order valence-electron chi connectivity index (χ3n) is 14.3. The number of aliphatic hydroxyl groups excluding tert-OH is 2. The minimum Gasteiger partial charge on any atom is -0.394 e. The van der Waals surface area contributed by atoms with Gasteiger partial charge in [-0.15, -0.1) is 0 Å². The molecule has 0 spiro atoms. The van der Waals surface area contributed by atoms with Crippen LogP contribution in [0.3, 0.4) is 0 Å². The van der Waals surface area contributed by atoms with Gasteiger partial charge in [0.25, 0.3) is 0 Å². The molecule has 2 atom stereocenters. The van der Waals surface area contributed by atoms with E-state index < -0.39 is 12.1 Å². The van der Waals surface area contributed by atoms with Gasteiger partial charge in [0.1, 0.15) is 0 Å². The number of rotatable bonds is 57. The first-order valence-electron chi connectivity index (χ1n) is 30.9. The van der Waals surface area contributed by atoms with E-state index in [9.17, 15) is 15.0 Å². The number of allylic oxidation sites excluding steroid dienone is 7. The van der Waals surface area contributed by atoms with Crippen LogP contribution in [0.4, 0.5) is 0 Å². The second kappa shape index (κ2) is 59.7. The van der Waals surface area contributed by atoms with E-state index in [0.29, 0.717) is 6.42 Å². The second-order valence-corrected chi connectivity index (χ2v) is 21.1. The number of hydrogen-bond acceptors (Lipinski definition) is 3. The van der Waals surface area contributed by atoms with Gasteiger partial charge in [0.15, 0.2) is 0 Å². The zero-order valence-electron chi connectivity index (χ0n) is 46.1. The van der Waals surface area contributed by atoms with Crippen molar-refractivity contribution >= 4 is 5.91 Å². The molecule has 0 fully saturated rings. The molecule has 400 valence electrons. The van der Waals surface area contributed by atoms with Crippen molar-refractivity contribution in [1.29, 1.82) is 0 Å². The van der Waals surface area contributed by atoms with Gasteiger partial charge < -0.3 is 15.5 Å². The van der Waals surface area contributed by atoms with Crippen LogP contribution in [0, 0.1) is 0 Å². The molecule has 0 saturated heterocycles. The Balaban J connectivity index is 3.50. The smallest absolute Gasteiger partial charge is 0.220 e. The summed E-state index contributed by atoms with van der Waals surface area (Å²) < 4.78 is 0. The van der Waals surface area contributed by atoms with Gasteiger partial charge in [0.05, 0.1) is 18.8 Å². The van der Waals surface area contributed by atoms with Crippen molar-refractivity contribution in [3.8, 4) is 0 Å². The Kier molecular flexibility index (Phi) is 58.2. The van der Waals surface area contributed by atoms with Gasteiger partial charge >= 0.3 is 0 Å². The highest BCUT2D eigenvalue weighted by Gasteiger charge is 2.18. The standard InChI is InChI=1S/C64H121NO3/c1-3-5-7-9-11-13-15-17-19-21-23-25-27-29-30-31-32-33-34-36-38-40-42-44-46-48-50-52-54-56-58-60-64(68)65-62(61-66)63(67)59-57-55-53-51-49-47-45-43-41-39-37-35-28-26-24-22-20-18-16-14-12-10-8-6-4-2/h23,25,29-30,49,51,57,59,62-63,66-67H,3-22,24,26-28,31-48,50,52-56,58,60-61H2,1-2H3,(H,65,68)/b25-23-,30-29-,51-49+,59-57+. The van der Waals surface area contributed by atoms with E-state index in [0.717, 1.165) is 38.5 Å². The molecule has 1 amide bonds. The van der Waals surface area contributed by atoms with E-state index in [2.05, 4.69) is 55.6 Å². The molecule has 3 N–H and O–H groups in total. The number of hydrogen-bond donors (Lipinski definition) is 3. The quantitative estimate of drug-likeness (QED) is 0.0420. The predicted molar refractivity (Wildman–Crippen MR) is 304 cm³/mol. The van der Waals surface area contributed by atoms with E-state index in [-0.39, 0.29) is 12.5 Å². The molecule has 0 aromatic carbocycles. The van der Waals surface area contributed by atoms with E-state index in [1.165, 1.54) is 276 Å². The monoisotopic (exact) mass is 952 g/mol. The van der Waals surface area contributed by atoms with Gasteiger partial charge in [-0.25, -0.2) is 0 Å². The average Bonchev–Trinajstić information content (AvgIpc) is 3.34. The first-order valence-corrected chi connectivity index (χ1v) is 30.9. The third-order valence-corrected chi connectivity index (χ3v) is 14.3. The SMILES string of the molecule is CCCCCCCCCCC/C=C\C/C=C\CCCCCCCCCCCCCCCCCC(=O)NC(CO)C(O)/C=C/CC/C=C/CCCCCCCCCCCCCCCCCCCCC. The molecule has 0 aromatic heterocycles. The van der Waals surface area contributed by atoms with Crippen molar-refractivity contribution in [3.63, 3.8) is 0 Å². The zero-order chi connectivity index (χ0) is 49.2. The molecular formula is C64H121NO3. The molecule has 4 nitrogen and oxygen atoms in total. The van der Waals surface area contributed by atoms with Gasteiger partial charge in [0, 0.05) is 6.42 Å². The lowest BCUT2D eigenvalue weighted by Crippen LogP contribution is -2.45. The molecule has 4 heteroatoms. The van der Waals surface area contributed by atoms with E-state index >= 15 is 0 Å². The second-order valence-electron chi connectivity index (χ2n) is 21.1. The lowest BCUT2D eigenvalue weighted by molar-refractivity contribution is -0.123. The molecule has 2 unspecified atom stereocenters. The first-order chi connectivity index (χ1) is 33.7. The fraction of sp³-hybridized carbons (Fsp3) is 0.859. The fourth-order valence-corrected chi connectivity index (χ4v) is 9.58. The molecule has 0 aromatic rings. The number of carbonyl (C=O) groups is 1. The maximum absolute atomic E-state index is 12.5. The van der Waals surface area contributed by atoms with Gasteiger partial charge in [0.2, 0.25) is 5.91 Å². The van der Waals surface area contributed by atoms with Crippen LogP contribution in [-0.4, -0.2) is 34.9 Å². The van der Waals surface area contributed by atoms with Crippen LogP contribution >= 0.6 is 0 Å². The summed E-state index contributed by atoms with van der Waals surface area (Å²) in [6.07, 6.45) is 83.0. The summed E-state index contributed by atoms with van der Waals surface area (Å²) in [7, 11) is 0. The van der Waals surface area contributed by atoms with Crippen LogP contribution in [0.1, 0.15) is 335 Å². The first kappa shape index (κ1) is 66.3. The van der Waals surface area contributed by atoms with Crippen LogP contribution in [0.2, 0.25) is 0 Å². The zero-order valence-corrected chi connectivity index (χ0v) is 46.1. The Morgan fingerprint density at radius 2 is 0.618 bits per heavy atom. The van der Waals surface area contributed by atoms with Crippen molar-refractivity contribution in [2.75, 3.05) is 6.61 Å². The number of aliphatic hydroxyl groups is 2. The molecule has 68 heavy (non-hydrogen) atoms. The van der Waals surface area contributed by atoms with E-state index in [1.54, 1.807) is 6.08 Å². The molecule has 0 aliphatic heterocycles. The lowest BCUT2D eigenvalue weighted by Gasteiger charge is -2.19. The summed E-state index contributed by atoms with van der Waals surface area (Å²) in [5, 5.41) is 23.2. The van der Waals surface area contributed by atoms with Crippen LogP contribution in [-0.2, 0) is 4.79 Å². The molecule has 0 saturated carbocycles. The Morgan fingerprint density at radius 3 is 0.941 bits per heavy atom. The van der Waals surface area contributed by atoms with Gasteiger partial charge in [-0.3, -0.25) is 4.79 Å². The third kappa shape index (κ3) is 55.3. The van der Waals surface area contributed by atoms with Crippen LogP contribution in [0.25, 0.3) is 0 Å². The number of nitrogens with one attached hydrogen (secondary N) is 1. The van der Waals surface area contributed by atoms with Gasteiger partial charge in [-0.1, -0.05) is 313 Å². The Morgan fingerprint density at radius 1 is 0.353 bits per heavy atom. The number of carbonyl (C=O) groups excluding carboxylic acids is 1. The minimum atomic E-state index is -0.864. The molecular weight excluding hydrogens is 831 g/mol. The summed E-state index contributed by atoms with van der Waals surface area (Å²) in [6, 6.07) is -0.641. The average molecular weight is 953 g/mol. The van der Waals surface area contributed by atoms with E-state index in [4.69, 9.17) is 0 Å². The Hall–Kier alpha value is -1.65. The topological polar surface area (TPSA) is 69.6 Å². The summed E-state index contributed by atoms with van der Waals surface area (Å²) in [6.45, 7) is 4.33. The summed E-state index contributed by atoms with van der Waals surface area (Å²) in [5.41, 5.74) is 0. The fourth-order valence-electron chi connectivity index (χ4n) is 9.58. The van der Waals surface area contributed by atoms with Gasteiger partial charge in [-0.05, 0) is 64.2 Å². The minimum absolute atomic E-state index is 0.0698. The largest absolute Gasteiger partial charge is 0.394 e. The molecule has 0 aliphatic rings. The van der Waals surface area contributed by atoms with Crippen molar-refractivity contribution in [1.82, 2.24) is 5.32 Å². The van der Waals surface area contributed by atoms with Crippen molar-refractivity contribution in [2.45, 2.75) is 347 Å². The van der Waals surface area contributed by atoms with Crippen LogP contribution < -0.4 is 5.32 Å². The summed E-state index contributed by atoms with van der Waals surface area (Å²) in [4.78, 5) is 12.5.